The maximum Gasteiger partial charge on any atom is 0.191 e. The molecule has 2 heterocycles. The van der Waals surface area contributed by atoms with E-state index in [1.165, 1.54) is 18.8 Å². The van der Waals surface area contributed by atoms with Gasteiger partial charge in [-0.25, -0.2) is 0 Å². The molecule has 1 aromatic carbocycles. The van der Waals surface area contributed by atoms with E-state index in [4.69, 9.17) is 16.6 Å². The summed E-state index contributed by atoms with van der Waals surface area (Å²) in [5, 5.41) is 7.82. The van der Waals surface area contributed by atoms with Crippen LogP contribution in [0.2, 0.25) is 5.02 Å². The molecule has 8 heteroatoms. The van der Waals surface area contributed by atoms with Gasteiger partial charge in [-0.1, -0.05) is 24.6 Å². The van der Waals surface area contributed by atoms with Gasteiger partial charge in [0.25, 0.3) is 0 Å². The quantitative estimate of drug-likeness (QED) is 0.320. The normalized spacial score (nSPS) is 21.1. The van der Waals surface area contributed by atoms with Crippen molar-refractivity contribution >= 4 is 47.2 Å². The van der Waals surface area contributed by atoms with E-state index in [1.54, 1.807) is 0 Å². The van der Waals surface area contributed by atoms with Crippen LogP contribution in [0.5, 0.6) is 0 Å². The highest BCUT2D eigenvalue weighted by Crippen LogP contribution is 2.23. The molecule has 1 unspecified atom stereocenters. The van der Waals surface area contributed by atoms with E-state index in [0.29, 0.717) is 6.04 Å². The minimum atomic E-state index is 0. The molecule has 6 nitrogen and oxygen atoms in total. The highest BCUT2D eigenvalue weighted by Gasteiger charge is 2.23. The summed E-state index contributed by atoms with van der Waals surface area (Å²) >= 11 is 6.14. The number of guanidine groups is 1. The molecule has 2 fully saturated rings. The smallest absolute Gasteiger partial charge is 0.191 e. The molecule has 2 N–H and O–H groups in total. The third kappa shape index (κ3) is 7.77. The lowest BCUT2D eigenvalue weighted by Crippen LogP contribution is -2.47. The Labute approximate surface area is 198 Å². The van der Waals surface area contributed by atoms with E-state index in [0.717, 1.165) is 69.8 Å². The van der Waals surface area contributed by atoms with Gasteiger partial charge >= 0.3 is 0 Å². The van der Waals surface area contributed by atoms with Gasteiger partial charge in [-0.3, -0.25) is 9.89 Å². The predicted octanol–water partition coefficient (Wildman–Crippen LogP) is 2.73. The van der Waals surface area contributed by atoms with Crippen LogP contribution in [0.3, 0.4) is 0 Å². The van der Waals surface area contributed by atoms with Crippen molar-refractivity contribution in [3.8, 4) is 0 Å². The number of benzene rings is 1. The summed E-state index contributed by atoms with van der Waals surface area (Å²) in [7, 11) is 0. The zero-order valence-electron chi connectivity index (χ0n) is 17.7. The monoisotopic (exact) mass is 534 g/mol. The van der Waals surface area contributed by atoms with Crippen LogP contribution in [0.1, 0.15) is 20.3 Å². The molecule has 0 bridgehead atoms. The lowest BCUT2D eigenvalue weighted by atomic mass is 10.2. The average Bonchev–Trinajstić information content (AvgIpc) is 3.17. The Balaban J connectivity index is 0.00000300. The second-order valence-electron chi connectivity index (χ2n) is 7.59. The van der Waals surface area contributed by atoms with Crippen molar-refractivity contribution in [2.45, 2.75) is 26.3 Å². The molecule has 0 aromatic heterocycles. The Bertz CT molecular complexity index is 635. The van der Waals surface area contributed by atoms with Crippen LogP contribution in [-0.4, -0.2) is 87.2 Å². The molecule has 2 aliphatic heterocycles. The summed E-state index contributed by atoms with van der Waals surface area (Å²) in [5.41, 5.74) is 1.20. The number of anilines is 1. The lowest BCUT2D eigenvalue weighted by molar-refractivity contribution is 0.140. The number of rotatable bonds is 7. The van der Waals surface area contributed by atoms with Gasteiger partial charge in [-0.05, 0) is 38.1 Å². The summed E-state index contributed by atoms with van der Waals surface area (Å²) in [5.74, 6) is 0.938. The molecule has 0 aliphatic carbocycles. The Morgan fingerprint density at radius 2 is 1.90 bits per heavy atom. The molecular weight excluding hydrogens is 499 g/mol. The van der Waals surface area contributed by atoms with Gasteiger partial charge in [0.15, 0.2) is 5.96 Å². The van der Waals surface area contributed by atoms with E-state index in [1.807, 2.05) is 18.2 Å². The van der Waals surface area contributed by atoms with Crippen molar-refractivity contribution in [3.05, 3.63) is 29.3 Å². The predicted molar refractivity (Wildman–Crippen MR) is 135 cm³/mol. The summed E-state index contributed by atoms with van der Waals surface area (Å²) in [6.45, 7) is 15.0. The van der Waals surface area contributed by atoms with Gasteiger partial charge in [0.1, 0.15) is 0 Å². The third-order valence-corrected chi connectivity index (χ3v) is 5.88. The van der Waals surface area contributed by atoms with Crippen LogP contribution in [0.25, 0.3) is 0 Å². The number of hydrogen-bond acceptors (Lipinski definition) is 4. The Morgan fingerprint density at radius 1 is 1.14 bits per heavy atom. The summed E-state index contributed by atoms with van der Waals surface area (Å²) in [4.78, 5) is 12.2. The fourth-order valence-corrected chi connectivity index (χ4v) is 4.12. The molecule has 1 aromatic rings. The molecule has 0 spiro atoms. The Hall–Kier alpha value is -0.770. The topological polar surface area (TPSA) is 46.1 Å². The maximum absolute atomic E-state index is 6.14. The first-order valence-electron chi connectivity index (χ1n) is 10.7. The first kappa shape index (κ1) is 24.5. The molecule has 164 valence electrons. The molecule has 0 amide bonds. The van der Waals surface area contributed by atoms with E-state index in [2.05, 4.69) is 45.2 Å². The van der Waals surface area contributed by atoms with Gasteiger partial charge in [-0.15, -0.1) is 24.0 Å². The van der Waals surface area contributed by atoms with Crippen LogP contribution in [0, 0.1) is 0 Å². The first-order valence-corrected chi connectivity index (χ1v) is 11.1. The lowest BCUT2D eigenvalue weighted by Gasteiger charge is -2.33. The molecule has 0 saturated carbocycles. The van der Waals surface area contributed by atoms with Crippen molar-refractivity contribution in [2.75, 3.05) is 70.3 Å². The van der Waals surface area contributed by atoms with E-state index < -0.39 is 0 Å². The van der Waals surface area contributed by atoms with Crippen molar-refractivity contribution in [2.24, 2.45) is 4.99 Å². The highest BCUT2D eigenvalue weighted by molar-refractivity contribution is 14.0. The van der Waals surface area contributed by atoms with Gasteiger partial charge in [0.05, 0.1) is 6.54 Å². The van der Waals surface area contributed by atoms with E-state index in [9.17, 15) is 0 Å². The number of aliphatic imine (C=N–C) groups is 1. The molecule has 3 rings (SSSR count). The highest BCUT2D eigenvalue weighted by atomic mass is 127. The van der Waals surface area contributed by atoms with Gasteiger partial charge in [0.2, 0.25) is 0 Å². The van der Waals surface area contributed by atoms with Crippen LogP contribution in [-0.2, 0) is 0 Å². The average molecular weight is 535 g/mol. The van der Waals surface area contributed by atoms with Gasteiger partial charge < -0.3 is 20.4 Å². The van der Waals surface area contributed by atoms with E-state index >= 15 is 0 Å². The number of hydrogen-bond donors (Lipinski definition) is 2. The van der Waals surface area contributed by atoms with Crippen LogP contribution >= 0.6 is 35.6 Å². The fourth-order valence-electron chi connectivity index (χ4n) is 3.93. The van der Waals surface area contributed by atoms with Crippen LogP contribution < -0.4 is 15.5 Å². The maximum atomic E-state index is 6.14. The van der Waals surface area contributed by atoms with Gasteiger partial charge in [-0.2, -0.15) is 0 Å². The minimum absolute atomic E-state index is 0. The second kappa shape index (κ2) is 12.8. The van der Waals surface area contributed by atoms with Crippen LogP contribution in [0.4, 0.5) is 5.69 Å². The SMILES string of the molecule is CCNC(=NCCN1CCN(CC)CC1)NC1CCN(c2cccc(Cl)c2)C1.I. The summed E-state index contributed by atoms with van der Waals surface area (Å²) in [6, 6.07) is 8.52. The zero-order chi connectivity index (χ0) is 19.8. The largest absolute Gasteiger partial charge is 0.369 e. The molecule has 2 aliphatic rings. The number of piperazine rings is 1. The van der Waals surface area contributed by atoms with Crippen LogP contribution in [0.15, 0.2) is 29.3 Å². The summed E-state index contributed by atoms with van der Waals surface area (Å²) < 4.78 is 0. The Morgan fingerprint density at radius 3 is 2.59 bits per heavy atom. The Kier molecular flexibility index (Phi) is 10.8. The molecule has 29 heavy (non-hydrogen) atoms. The van der Waals surface area contributed by atoms with Crippen molar-refractivity contribution in [1.29, 1.82) is 0 Å². The molecule has 1 atom stereocenters. The second-order valence-corrected chi connectivity index (χ2v) is 8.03. The molecular formula is C21H36ClIN6. The molecule has 0 radical (unpaired) electrons. The van der Waals surface area contributed by atoms with Gasteiger partial charge in [0, 0.05) is 69.1 Å². The van der Waals surface area contributed by atoms with Crippen molar-refractivity contribution in [1.82, 2.24) is 20.4 Å². The fraction of sp³-hybridized carbons (Fsp3) is 0.667. The number of nitrogens with zero attached hydrogens (tertiary/aromatic N) is 4. The van der Waals surface area contributed by atoms with E-state index in [-0.39, 0.29) is 24.0 Å². The number of halogens is 2. The third-order valence-electron chi connectivity index (χ3n) is 5.64. The first-order chi connectivity index (χ1) is 13.7. The van der Waals surface area contributed by atoms with Crippen molar-refractivity contribution < 1.29 is 0 Å². The molecule has 2 saturated heterocycles. The number of likely N-dealkylation sites (N-methyl/N-ethyl adjacent to an activating group) is 1. The minimum Gasteiger partial charge on any atom is -0.369 e. The van der Waals surface area contributed by atoms with Crippen molar-refractivity contribution in [3.63, 3.8) is 0 Å². The zero-order valence-corrected chi connectivity index (χ0v) is 20.8. The number of nitrogens with one attached hydrogen (secondary N) is 2. The summed E-state index contributed by atoms with van der Waals surface area (Å²) in [6.07, 6.45) is 1.11. The standard InChI is InChI=1S/C21H35ClN6.HI/c1-3-23-21(24-9-11-27-14-12-26(4-2)13-15-27)25-19-8-10-28(17-19)20-7-5-6-18(22)16-20;/h5-7,16,19H,3-4,8-15,17H2,1-2H3,(H2,23,24,25);1H.